The second kappa shape index (κ2) is 9.55. The Morgan fingerprint density at radius 3 is 2.26 bits per heavy atom. The number of amides is 3. The van der Waals surface area contributed by atoms with Crippen molar-refractivity contribution in [2.75, 3.05) is 6.61 Å². The van der Waals surface area contributed by atoms with Gasteiger partial charge >= 0.3 is 5.97 Å². The van der Waals surface area contributed by atoms with Crippen molar-refractivity contribution in [3.63, 3.8) is 0 Å². The molecule has 1 aliphatic heterocycles. The molecule has 0 radical (unpaired) electrons. The van der Waals surface area contributed by atoms with Crippen LogP contribution in [0.4, 0.5) is 0 Å². The predicted molar refractivity (Wildman–Crippen MR) is 114 cm³/mol. The second-order valence-corrected chi connectivity index (χ2v) is 7.78. The molecule has 1 heterocycles. The number of nitrogens with zero attached hydrogens (tertiary/aromatic N) is 1. The summed E-state index contributed by atoms with van der Waals surface area (Å²) >= 11 is 0. The monoisotopic (exact) mass is 422 g/mol. The zero-order chi connectivity index (χ0) is 22.5. The number of benzene rings is 2. The largest absolute Gasteiger partial charge is 0.452 e. The van der Waals surface area contributed by atoms with Crippen molar-refractivity contribution in [2.45, 2.75) is 46.2 Å². The van der Waals surface area contributed by atoms with Crippen molar-refractivity contribution < 1.29 is 23.9 Å². The van der Waals surface area contributed by atoms with Gasteiger partial charge in [-0.3, -0.25) is 19.3 Å². The van der Waals surface area contributed by atoms with Gasteiger partial charge in [0.15, 0.2) is 6.61 Å². The molecule has 162 valence electrons. The first kappa shape index (κ1) is 22.2. The van der Waals surface area contributed by atoms with Gasteiger partial charge in [-0.25, -0.2) is 4.79 Å². The fourth-order valence-corrected chi connectivity index (χ4v) is 3.34. The van der Waals surface area contributed by atoms with E-state index in [1.165, 1.54) is 10.5 Å². The molecule has 7 nitrogen and oxygen atoms in total. The Kier molecular flexibility index (Phi) is 6.84. The van der Waals surface area contributed by atoms with E-state index in [2.05, 4.69) is 5.32 Å². The topological polar surface area (TPSA) is 92.8 Å². The van der Waals surface area contributed by atoms with E-state index in [-0.39, 0.29) is 55.3 Å². The van der Waals surface area contributed by atoms with Gasteiger partial charge in [-0.1, -0.05) is 30.3 Å². The lowest BCUT2D eigenvalue weighted by atomic mass is 10.0. The van der Waals surface area contributed by atoms with Crippen molar-refractivity contribution in [3.05, 3.63) is 70.3 Å². The van der Waals surface area contributed by atoms with Gasteiger partial charge in [-0.15, -0.1) is 0 Å². The smallest absolute Gasteiger partial charge is 0.338 e. The van der Waals surface area contributed by atoms with Crippen molar-refractivity contribution in [2.24, 2.45) is 0 Å². The summed E-state index contributed by atoms with van der Waals surface area (Å²) in [5.74, 6) is -1.38. The molecule has 0 saturated carbocycles. The molecule has 1 N–H and O–H groups in total. The molecule has 0 spiro atoms. The van der Waals surface area contributed by atoms with E-state index in [0.29, 0.717) is 0 Å². The standard InChI is InChI=1S/C24H26N2O5/c1-15-4-7-20(12-16(15)2)17(3)25-21(27)14-31-24(30)19-8-5-18(6-9-19)13-26-22(28)10-11-23(26)29/h4-9,12,17H,10-11,13-14H2,1-3H3,(H,25,27). The molecule has 1 saturated heterocycles. The van der Waals surface area contributed by atoms with E-state index in [9.17, 15) is 19.2 Å². The van der Waals surface area contributed by atoms with Crippen LogP contribution in [0.2, 0.25) is 0 Å². The lowest BCUT2D eigenvalue weighted by Crippen LogP contribution is -2.31. The molecule has 3 rings (SSSR count). The number of carbonyl (C=O) groups excluding carboxylic acids is 4. The number of nitrogens with one attached hydrogen (secondary N) is 1. The number of carbonyl (C=O) groups is 4. The third-order valence-corrected chi connectivity index (χ3v) is 5.43. The molecule has 2 aromatic rings. The van der Waals surface area contributed by atoms with Gasteiger partial charge in [0.05, 0.1) is 18.2 Å². The summed E-state index contributed by atoms with van der Waals surface area (Å²) in [5, 5.41) is 2.82. The highest BCUT2D eigenvalue weighted by atomic mass is 16.5. The van der Waals surface area contributed by atoms with Crippen LogP contribution in [-0.4, -0.2) is 35.2 Å². The van der Waals surface area contributed by atoms with Gasteiger partial charge in [0, 0.05) is 12.8 Å². The zero-order valence-electron chi connectivity index (χ0n) is 17.9. The molecule has 7 heteroatoms. The fraction of sp³-hybridized carbons (Fsp3) is 0.333. The maximum Gasteiger partial charge on any atom is 0.338 e. The van der Waals surface area contributed by atoms with Crippen LogP contribution >= 0.6 is 0 Å². The Balaban J connectivity index is 1.49. The van der Waals surface area contributed by atoms with E-state index in [4.69, 9.17) is 4.74 Å². The van der Waals surface area contributed by atoms with Crippen LogP contribution in [0.1, 0.15) is 58.4 Å². The normalized spacial score (nSPS) is 14.5. The minimum absolute atomic E-state index is 0.186. The predicted octanol–water partition coefficient (Wildman–Crippen LogP) is 2.99. The van der Waals surface area contributed by atoms with E-state index < -0.39 is 5.97 Å². The lowest BCUT2D eigenvalue weighted by molar-refractivity contribution is -0.139. The average molecular weight is 422 g/mol. The summed E-state index contributed by atoms with van der Waals surface area (Å²) in [6, 6.07) is 12.2. The highest BCUT2D eigenvalue weighted by molar-refractivity contribution is 6.01. The van der Waals surface area contributed by atoms with E-state index in [1.54, 1.807) is 24.3 Å². The third-order valence-electron chi connectivity index (χ3n) is 5.43. The summed E-state index contributed by atoms with van der Waals surface area (Å²) in [5.41, 5.74) is 4.33. The minimum atomic E-state index is -0.617. The zero-order valence-corrected chi connectivity index (χ0v) is 17.9. The summed E-state index contributed by atoms with van der Waals surface area (Å²) in [7, 11) is 0. The number of esters is 1. The Morgan fingerprint density at radius 2 is 1.65 bits per heavy atom. The van der Waals surface area contributed by atoms with E-state index in [0.717, 1.165) is 16.7 Å². The van der Waals surface area contributed by atoms with Crippen LogP contribution < -0.4 is 5.32 Å². The van der Waals surface area contributed by atoms with Crippen molar-refractivity contribution in [1.29, 1.82) is 0 Å². The van der Waals surface area contributed by atoms with Crippen LogP contribution in [0.15, 0.2) is 42.5 Å². The number of hydrogen-bond acceptors (Lipinski definition) is 5. The Morgan fingerprint density at radius 1 is 1.00 bits per heavy atom. The molecule has 0 aromatic heterocycles. The molecule has 0 bridgehead atoms. The number of rotatable bonds is 7. The minimum Gasteiger partial charge on any atom is -0.452 e. The summed E-state index contributed by atoms with van der Waals surface area (Å²) in [6.45, 7) is 5.72. The fourth-order valence-electron chi connectivity index (χ4n) is 3.34. The maximum atomic E-state index is 12.2. The van der Waals surface area contributed by atoms with Crippen LogP contribution in [0.25, 0.3) is 0 Å². The number of imide groups is 1. The van der Waals surface area contributed by atoms with Crippen LogP contribution in [0.5, 0.6) is 0 Å². The first-order chi connectivity index (χ1) is 14.7. The van der Waals surface area contributed by atoms with Crippen molar-refractivity contribution >= 4 is 23.7 Å². The quantitative estimate of drug-likeness (QED) is 0.547. The molecule has 0 aliphatic carbocycles. The molecule has 3 amide bonds. The molecule has 1 unspecified atom stereocenters. The number of likely N-dealkylation sites (tertiary alicyclic amines) is 1. The number of ether oxygens (including phenoxy) is 1. The third kappa shape index (κ3) is 5.57. The average Bonchev–Trinajstić information content (AvgIpc) is 3.06. The Hall–Kier alpha value is -3.48. The van der Waals surface area contributed by atoms with E-state index in [1.807, 2.05) is 39.0 Å². The maximum absolute atomic E-state index is 12.2. The number of hydrogen-bond donors (Lipinski definition) is 1. The van der Waals surface area contributed by atoms with Gasteiger partial charge in [0.2, 0.25) is 11.8 Å². The summed E-state index contributed by atoms with van der Waals surface area (Å²) < 4.78 is 5.11. The van der Waals surface area contributed by atoms with Gasteiger partial charge < -0.3 is 10.1 Å². The molecule has 2 aromatic carbocycles. The Bertz CT molecular complexity index is 997. The highest BCUT2D eigenvalue weighted by Gasteiger charge is 2.28. The van der Waals surface area contributed by atoms with Crippen LogP contribution in [-0.2, 0) is 25.7 Å². The highest BCUT2D eigenvalue weighted by Crippen LogP contribution is 2.18. The van der Waals surface area contributed by atoms with Crippen molar-refractivity contribution in [3.8, 4) is 0 Å². The lowest BCUT2D eigenvalue weighted by Gasteiger charge is -2.16. The van der Waals surface area contributed by atoms with Crippen LogP contribution in [0.3, 0.4) is 0 Å². The Labute approximate surface area is 181 Å². The van der Waals surface area contributed by atoms with E-state index >= 15 is 0 Å². The van der Waals surface area contributed by atoms with Gasteiger partial charge in [0.25, 0.3) is 5.91 Å². The second-order valence-electron chi connectivity index (χ2n) is 7.78. The molecular weight excluding hydrogens is 396 g/mol. The van der Waals surface area contributed by atoms with Crippen LogP contribution in [0, 0.1) is 13.8 Å². The first-order valence-corrected chi connectivity index (χ1v) is 10.2. The first-order valence-electron chi connectivity index (χ1n) is 10.2. The summed E-state index contributed by atoms with van der Waals surface area (Å²) in [6.07, 6.45) is 0.487. The summed E-state index contributed by atoms with van der Waals surface area (Å²) in [4.78, 5) is 49.0. The molecule has 31 heavy (non-hydrogen) atoms. The molecule has 1 aliphatic rings. The molecule has 1 atom stereocenters. The molecular formula is C24H26N2O5. The number of aryl methyl sites for hydroxylation is 2. The molecule has 1 fully saturated rings. The van der Waals surface area contributed by atoms with Gasteiger partial charge in [-0.2, -0.15) is 0 Å². The van der Waals surface area contributed by atoms with Gasteiger partial charge in [-0.05, 0) is 55.2 Å². The van der Waals surface area contributed by atoms with Crippen molar-refractivity contribution in [1.82, 2.24) is 10.2 Å². The van der Waals surface area contributed by atoms with Gasteiger partial charge in [0.1, 0.15) is 0 Å². The SMILES string of the molecule is Cc1ccc(C(C)NC(=O)COC(=O)c2ccc(CN3C(=O)CCC3=O)cc2)cc1C.